The van der Waals surface area contributed by atoms with E-state index in [9.17, 15) is 4.79 Å². The maximum absolute atomic E-state index is 11.1. The van der Waals surface area contributed by atoms with Gasteiger partial charge in [-0.25, -0.2) is 9.97 Å². The number of fused-ring (bicyclic) bond motifs is 1. The van der Waals surface area contributed by atoms with Crippen LogP contribution < -0.4 is 5.73 Å². The van der Waals surface area contributed by atoms with E-state index in [1.54, 1.807) is 12.5 Å². The highest BCUT2D eigenvalue weighted by molar-refractivity contribution is 5.79. The van der Waals surface area contributed by atoms with E-state index in [0.717, 1.165) is 5.52 Å². The monoisotopic (exact) mass is 244 g/mol. The number of hydrogen-bond acceptors (Lipinski definition) is 5. The zero-order valence-electron chi connectivity index (χ0n) is 9.80. The summed E-state index contributed by atoms with van der Waals surface area (Å²) in [6.45, 7) is 0. The summed E-state index contributed by atoms with van der Waals surface area (Å²) in [5.74, 6) is 5.18. The van der Waals surface area contributed by atoms with E-state index in [1.165, 1.54) is 7.11 Å². The summed E-state index contributed by atoms with van der Waals surface area (Å²) >= 11 is 0. The SMILES string of the molecule is COC(=O)C(N)CC#Cc1nccc2[nH]cnc12. The van der Waals surface area contributed by atoms with Gasteiger partial charge in [0.05, 0.1) is 19.0 Å². The van der Waals surface area contributed by atoms with Gasteiger partial charge in [0.1, 0.15) is 17.3 Å². The van der Waals surface area contributed by atoms with Crippen LogP contribution in [0.1, 0.15) is 12.1 Å². The summed E-state index contributed by atoms with van der Waals surface area (Å²) in [7, 11) is 1.29. The van der Waals surface area contributed by atoms with Crippen molar-refractivity contribution in [3.63, 3.8) is 0 Å². The molecule has 2 heterocycles. The first-order chi connectivity index (χ1) is 8.72. The number of rotatable bonds is 2. The van der Waals surface area contributed by atoms with Crippen LogP contribution in [0.4, 0.5) is 0 Å². The predicted molar refractivity (Wildman–Crippen MR) is 65.4 cm³/mol. The Morgan fingerprint density at radius 3 is 3.22 bits per heavy atom. The lowest BCUT2D eigenvalue weighted by atomic mass is 10.2. The quantitative estimate of drug-likeness (QED) is 0.581. The van der Waals surface area contributed by atoms with Crippen molar-refractivity contribution in [3.8, 4) is 11.8 Å². The van der Waals surface area contributed by atoms with Gasteiger partial charge in [0.2, 0.25) is 0 Å². The van der Waals surface area contributed by atoms with Crippen molar-refractivity contribution in [3.05, 3.63) is 24.3 Å². The number of imidazole rings is 1. The van der Waals surface area contributed by atoms with Crippen molar-refractivity contribution in [2.45, 2.75) is 12.5 Å². The molecular formula is C12H12N4O2. The van der Waals surface area contributed by atoms with Gasteiger partial charge in [-0.3, -0.25) is 4.79 Å². The fourth-order valence-electron chi connectivity index (χ4n) is 1.44. The number of carbonyl (C=O) groups excluding carboxylic acids is 1. The van der Waals surface area contributed by atoms with Gasteiger partial charge in [0, 0.05) is 12.6 Å². The van der Waals surface area contributed by atoms with Gasteiger partial charge >= 0.3 is 5.97 Å². The lowest BCUT2D eigenvalue weighted by Crippen LogP contribution is -2.30. The number of aromatic nitrogens is 3. The third-order valence-electron chi connectivity index (χ3n) is 2.37. The molecule has 0 saturated heterocycles. The molecule has 6 heteroatoms. The molecule has 0 amide bonds. The second kappa shape index (κ2) is 5.29. The summed E-state index contributed by atoms with van der Waals surface area (Å²) in [5, 5.41) is 0. The highest BCUT2D eigenvalue weighted by Gasteiger charge is 2.11. The molecule has 2 rings (SSSR count). The van der Waals surface area contributed by atoms with E-state index in [0.29, 0.717) is 11.2 Å². The molecule has 0 saturated carbocycles. The predicted octanol–water partition coefficient (Wildman–Crippen LogP) is 0.200. The third-order valence-corrected chi connectivity index (χ3v) is 2.37. The Labute approximate surface area is 104 Å². The molecule has 0 aliphatic rings. The molecule has 0 aromatic carbocycles. The second-order valence-electron chi connectivity index (χ2n) is 3.59. The Hall–Kier alpha value is -2.39. The van der Waals surface area contributed by atoms with Crippen molar-refractivity contribution < 1.29 is 9.53 Å². The van der Waals surface area contributed by atoms with E-state index in [2.05, 4.69) is 31.5 Å². The fraction of sp³-hybridized carbons (Fsp3) is 0.250. The minimum Gasteiger partial charge on any atom is -0.468 e. The normalized spacial score (nSPS) is 11.7. The molecule has 1 unspecified atom stereocenters. The Kier molecular flexibility index (Phi) is 3.55. The van der Waals surface area contributed by atoms with Gasteiger partial charge in [-0.05, 0) is 12.0 Å². The first-order valence-corrected chi connectivity index (χ1v) is 5.32. The third kappa shape index (κ3) is 2.47. The van der Waals surface area contributed by atoms with E-state index >= 15 is 0 Å². The minimum atomic E-state index is -0.735. The van der Waals surface area contributed by atoms with Crippen molar-refractivity contribution in [1.29, 1.82) is 0 Å². The molecule has 92 valence electrons. The Balaban J connectivity index is 2.15. The molecular weight excluding hydrogens is 232 g/mol. The van der Waals surface area contributed by atoms with Crippen molar-refractivity contribution in [1.82, 2.24) is 15.0 Å². The number of carbonyl (C=O) groups is 1. The number of hydrogen-bond donors (Lipinski definition) is 2. The molecule has 2 aromatic rings. The summed E-state index contributed by atoms with van der Waals surface area (Å²) in [5.41, 5.74) is 7.70. The molecule has 0 aliphatic heterocycles. The van der Waals surface area contributed by atoms with Crippen LogP contribution in [0.2, 0.25) is 0 Å². The van der Waals surface area contributed by atoms with Gasteiger partial charge in [0.25, 0.3) is 0 Å². The van der Waals surface area contributed by atoms with E-state index in [4.69, 9.17) is 5.73 Å². The molecule has 2 aromatic heterocycles. The Bertz CT molecular complexity index is 624. The number of esters is 1. The van der Waals surface area contributed by atoms with Gasteiger partial charge in [-0.2, -0.15) is 0 Å². The number of methoxy groups -OCH3 is 1. The summed E-state index contributed by atoms with van der Waals surface area (Å²) in [6.07, 6.45) is 3.44. The summed E-state index contributed by atoms with van der Waals surface area (Å²) in [4.78, 5) is 22.3. The van der Waals surface area contributed by atoms with Crippen molar-refractivity contribution >= 4 is 17.0 Å². The van der Waals surface area contributed by atoms with Crippen molar-refractivity contribution in [2.24, 2.45) is 5.73 Å². The zero-order valence-corrected chi connectivity index (χ0v) is 9.80. The highest BCUT2D eigenvalue weighted by atomic mass is 16.5. The van der Waals surface area contributed by atoms with Crippen LogP contribution >= 0.6 is 0 Å². The summed E-state index contributed by atoms with van der Waals surface area (Å²) < 4.78 is 4.51. The number of H-pyrrole nitrogens is 1. The average Bonchev–Trinajstić information content (AvgIpc) is 2.86. The highest BCUT2D eigenvalue weighted by Crippen LogP contribution is 2.10. The molecule has 0 fully saturated rings. The summed E-state index contributed by atoms with van der Waals surface area (Å²) in [6, 6.07) is 1.08. The molecule has 0 spiro atoms. The molecule has 3 N–H and O–H groups in total. The van der Waals surface area contributed by atoms with E-state index in [1.807, 2.05) is 6.07 Å². The van der Waals surface area contributed by atoms with Crippen LogP contribution in [0, 0.1) is 11.8 Å². The number of nitrogens with one attached hydrogen (secondary N) is 1. The van der Waals surface area contributed by atoms with E-state index in [-0.39, 0.29) is 6.42 Å². The molecule has 0 radical (unpaired) electrons. The second-order valence-corrected chi connectivity index (χ2v) is 3.59. The smallest absolute Gasteiger partial charge is 0.323 e. The van der Waals surface area contributed by atoms with Gasteiger partial charge in [-0.1, -0.05) is 5.92 Å². The van der Waals surface area contributed by atoms with Crippen LogP contribution in [0.3, 0.4) is 0 Å². The fourth-order valence-corrected chi connectivity index (χ4v) is 1.44. The molecule has 6 nitrogen and oxygen atoms in total. The maximum atomic E-state index is 11.1. The molecule has 0 bridgehead atoms. The number of nitrogens with zero attached hydrogens (tertiary/aromatic N) is 2. The number of nitrogens with two attached hydrogens (primary N) is 1. The Morgan fingerprint density at radius 1 is 1.61 bits per heavy atom. The number of pyridine rings is 1. The maximum Gasteiger partial charge on any atom is 0.323 e. The van der Waals surface area contributed by atoms with Crippen LogP contribution in [-0.2, 0) is 9.53 Å². The lowest BCUT2D eigenvalue weighted by Gasteiger charge is -2.03. The van der Waals surface area contributed by atoms with Crippen LogP contribution in [0.25, 0.3) is 11.0 Å². The first-order valence-electron chi connectivity index (χ1n) is 5.32. The minimum absolute atomic E-state index is 0.217. The number of ether oxygens (including phenoxy) is 1. The largest absolute Gasteiger partial charge is 0.468 e. The van der Waals surface area contributed by atoms with Crippen LogP contribution in [0.5, 0.6) is 0 Å². The zero-order chi connectivity index (χ0) is 13.0. The van der Waals surface area contributed by atoms with Crippen LogP contribution in [0.15, 0.2) is 18.6 Å². The molecule has 18 heavy (non-hydrogen) atoms. The Morgan fingerprint density at radius 2 is 2.44 bits per heavy atom. The topological polar surface area (TPSA) is 93.9 Å². The lowest BCUT2D eigenvalue weighted by molar-refractivity contribution is -0.142. The van der Waals surface area contributed by atoms with Crippen molar-refractivity contribution in [2.75, 3.05) is 7.11 Å². The standard InChI is InChI=1S/C12H12N4O2/c1-18-12(17)8(13)3-2-4-9-11-10(5-6-14-9)15-7-16-11/h5-8H,3,13H2,1H3,(H,15,16). The molecule has 0 aliphatic carbocycles. The first kappa shape index (κ1) is 12.1. The van der Waals surface area contributed by atoms with Gasteiger partial charge in [-0.15, -0.1) is 0 Å². The average molecular weight is 244 g/mol. The molecule has 1 atom stereocenters. The number of aromatic amines is 1. The van der Waals surface area contributed by atoms with Gasteiger partial charge < -0.3 is 15.5 Å². The van der Waals surface area contributed by atoms with E-state index < -0.39 is 12.0 Å². The van der Waals surface area contributed by atoms with Gasteiger partial charge in [0.15, 0.2) is 0 Å². The van der Waals surface area contributed by atoms with Crippen LogP contribution in [-0.4, -0.2) is 34.1 Å².